The number of allylic oxidation sites excluding steroid dienone is 4. The van der Waals surface area contributed by atoms with Crippen LogP contribution < -0.4 is 0 Å². The molecular formula is C8H10Cl2. The Morgan fingerprint density at radius 1 is 1.50 bits per heavy atom. The highest BCUT2D eigenvalue weighted by atomic mass is 35.5. The number of hydrogen-bond donors (Lipinski definition) is 0. The van der Waals surface area contributed by atoms with Gasteiger partial charge in [0.1, 0.15) is 0 Å². The van der Waals surface area contributed by atoms with E-state index >= 15 is 0 Å². The monoisotopic (exact) mass is 176 g/mol. The topological polar surface area (TPSA) is 0 Å². The Hall–Kier alpha value is 0.0600. The lowest BCUT2D eigenvalue weighted by Gasteiger charge is -2.19. The maximum Gasteiger partial charge on any atom is 0.0619 e. The second-order valence-corrected chi connectivity index (χ2v) is 3.53. The second kappa shape index (κ2) is 2.98. The lowest BCUT2D eigenvalue weighted by molar-refractivity contribution is 0.714. The largest absolute Gasteiger partial charge is 0.117 e. The van der Waals surface area contributed by atoms with E-state index in [1.807, 2.05) is 19.1 Å². The van der Waals surface area contributed by atoms with Gasteiger partial charge in [0.05, 0.1) is 5.38 Å². The lowest BCUT2D eigenvalue weighted by atomic mass is 9.96. The SMILES string of the molecule is CC1=C(Cl)C=C[C@@H](C)[C@@H]1Cl. The predicted molar refractivity (Wildman–Crippen MR) is 46.5 cm³/mol. The van der Waals surface area contributed by atoms with Crippen molar-refractivity contribution in [3.63, 3.8) is 0 Å². The molecule has 0 amide bonds. The van der Waals surface area contributed by atoms with Crippen molar-refractivity contribution in [2.45, 2.75) is 19.2 Å². The predicted octanol–water partition coefficient (Wildman–Crippen LogP) is 3.31. The smallest absolute Gasteiger partial charge is 0.0619 e. The summed E-state index contributed by atoms with van der Waals surface area (Å²) in [5.74, 6) is 0.407. The van der Waals surface area contributed by atoms with Gasteiger partial charge in [-0.05, 0) is 24.5 Å². The normalized spacial score (nSPS) is 33.2. The fraction of sp³-hybridized carbons (Fsp3) is 0.500. The number of halogens is 2. The van der Waals surface area contributed by atoms with Crippen molar-refractivity contribution in [1.82, 2.24) is 0 Å². The van der Waals surface area contributed by atoms with Crippen LogP contribution in [0.25, 0.3) is 0 Å². The zero-order valence-corrected chi connectivity index (χ0v) is 7.58. The molecule has 0 nitrogen and oxygen atoms in total. The van der Waals surface area contributed by atoms with Crippen molar-refractivity contribution < 1.29 is 0 Å². The van der Waals surface area contributed by atoms with E-state index in [0.29, 0.717) is 5.92 Å². The minimum Gasteiger partial charge on any atom is -0.117 e. The fourth-order valence-electron chi connectivity index (χ4n) is 0.991. The standard InChI is InChI=1S/C8H10Cl2/c1-5-3-4-7(9)6(2)8(5)10/h3-5,8H,1-2H3/t5-,8+/m1/s1. The van der Waals surface area contributed by atoms with Crippen LogP contribution in [-0.2, 0) is 0 Å². The number of hydrogen-bond acceptors (Lipinski definition) is 0. The summed E-state index contributed by atoms with van der Waals surface area (Å²) in [5, 5.41) is 0.871. The van der Waals surface area contributed by atoms with E-state index < -0.39 is 0 Å². The molecule has 0 fully saturated rings. The molecule has 1 aliphatic carbocycles. The van der Waals surface area contributed by atoms with Gasteiger partial charge < -0.3 is 0 Å². The molecule has 0 spiro atoms. The van der Waals surface area contributed by atoms with Gasteiger partial charge in [-0.2, -0.15) is 0 Å². The van der Waals surface area contributed by atoms with Gasteiger partial charge in [-0.25, -0.2) is 0 Å². The molecular weight excluding hydrogens is 167 g/mol. The molecule has 0 aromatic carbocycles. The molecule has 0 saturated heterocycles. The third-order valence-corrected chi connectivity index (χ3v) is 2.95. The Labute approximate surface area is 71.5 Å². The summed E-state index contributed by atoms with van der Waals surface area (Å²) in [7, 11) is 0. The highest BCUT2D eigenvalue weighted by molar-refractivity contribution is 6.33. The third kappa shape index (κ3) is 1.38. The maximum absolute atomic E-state index is 6.02. The van der Waals surface area contributed by atoms with Crippen LogP contribution in [-0.4, -0.2) is 5.38 Å². The summed E-state index contributed by atoms with van der Waals surface area (Å²) < 4.78 is 0. The van der Waals surface area contributed by atoms with Crippen LogP contribution in [0.1, 0.15) is 13.8 Å². The quantitative estimate of drug-likeness (QED) is 0.498. The minimum absolute atomic E-state index is 0.0810. The van der Waals surface area contributed by atoms with E-state index in [1.54, 1.807) is 0 Å². The van der Waals surface area contributed by atoms with Gasteiger partial charge in [0.2, 0.25) is 0 Å². The summed E-state index contributed by atoms with van der Waals surface area (Å²) in [6, 6.07) is 0. The molecule has 2 heteroatoms. The molecule has 0 aromatic rings. The molecule has 0 saturated carbocycles. The van der Waals surface area contributed by atoms with Gasteiger partial charge >= 0.3 is 0 Å². The molecule has 0 N–H and O–H groups in total. The summed E-state index contributed by atoms with van der Waals surface area (Å²) in [6.45, 7) is 4.06. The Morgan fingerprint density at radius 3 is 2.60 bits per heavy atom. The van der Waals surface area contributed by atoms with Gasteiger partial charge in [-0.1, -0.05) is 24.6 Å². The van der Waals surface area contributed by atoms with E-state index in [9.17, 15) is 0 Å². The van der Waals surface area contributed by atoms with E-state index in [1.165, 1.54) is 0 Å². The van der Waals surface area contributed by atoms with Crippen molar-refractivity contribution in [2.75, 3.05) is 0 Å². The molecule has 0 radical (unpaired) electrons. The minimum atomic E-state index is 0.0810. The van der Waals surface area contributed by atoms with Crippen molar-refractivity contribution in [1.29, 1.82) is 0 Å². The molecule has 0 unspecified atom stereocenters. The number of alkyl halides is 1. The Morgan fingerprint density at radius 2 is 2.10 bits per heavy atom. The lowest BCUT2D eigenvalue weighted by Crippen LogP contribution is -2.14. The van der Waals surface area contributed by atoms with Crippen LogP contribution in [0.2, 0.25) is 0 Å². The van der Waals surface area contributed by atoms with E-state index in [4.69, 9.17) is 23.2 Å². The Bertz CT molecular complexity index is 191. The Balaban J connectivity index is 2.88. The third-order valence-electron chi connectivity index (χ3n) is 1.80. The molecule has 0 heterocycles. The van der Waals surface area contributed by atoms with Gasteiger partial charge in [-0.3, -0.25) is 0 Å². The molecule has 0 aliphatic heterocycles. The van der Waals surface area contributed by atoms with Crippen LogP contribution in [0.4, 0.5) is 0 Å². The number of rotatable bonds is 0. The van der Waals surface area contributed by atoms with Crippen molar-refractivity contribution >= 4 is 23.2 Å². The molecule has 1 aliphatic rings. The zero-order valence-electron chi connectivity index (χ0n) is 6.07. The highest BCUT2D eigenvalue weighted by Crippen LogP contribution is 2.29. The first-order valence-electron chi connectivity index (χ1n) is 3.31. The van der Waals surface area contributed by atoms with Crippen LogP contribution >= 0.6 is 23.2 Å². The van der Waals surface area contributed by atoms with Gasteiger partial charge in [0, 0.05) is 5.03 Å². The van der Waals surface area contributed by atoms with E-state index in [2.05, 4.69) is 6.92 Å². The maximum atomic E-state index is 6.02. The first-order valence-corrected chi connectivity index (χ1v) is 4.13. The molecule has 0 bridgehead atoms. The fourth-order valence-corrected chi connectivity index (χ4v) is 1.44. The van der Waals surface area contributed by atoms with Crippen molar-refractivity contribution in [3.05, 3.63) is 22.8 Å². The summed E-state index contributed by atoms with van der Waals surface area (Å²) >= 11 is 11.9. The highest BCUT2D eigenvalue weighted by Gasteiger charge is 2.18. The Kier molecular flexibility index (Phi) is 2.43. The van der Waals surface area contributed by atoms with Crippen LogP contribution in [0.3, 0.4) is 0 Å². The molecule has 0 aromatic heterocycles. The van der Waals surface area contributed by atoms with Crippen LogP contribution in [0.5, 0.6) is 0 Å². The average Bonchev–Trinajstić information content (AvgIpc) is 1.93. The summed E-state index contributed by atoms with van der Waals surface area (Å²) in [6.07, 6.45) is 3.95. The summed E-state index contributed by atoms with van der Waals surface area (Å²) in [5.41, 5.74) is 1.08. The molecule has 10 heavy (non-hydrogen) atoms. The van der Waals surface area contributed by atoms with Crippen LogP contribution in [0.15, 0.2) is 22.8 Å². The molecule has 2 atom stereocenters. The van der Waals surface area contributed by atoms with Gasteiger partial charge in [0.15, 0.2) is 0 Å². The van der Waals surface area contributed by atoms with E-state index in [-0.39, 0.29) is 5.38 Å². The van der Waals surface area contributed by atoms with Crippen molar-refractivity contribution in [3.8, 4) is 0 Å². The first kappa shape index (κ1) is 8.16. The van der Waals surface area contributed by atoms with Gasteiger partial charge in [-0.15, -0.1) is 11.6 Å². The van der Waals surface area contributed by atoms with Crippen LogP contribution in [0, 0.1) is 5.92 Å². The first-order chi connectivity index (χ1) is 4.63. The van der Waals surface area contributed by atoms with E-state index in [0.717, 1.165) is 10.6 Å². The molecule has 1 rings (SSSR count). The van der Waals surface area contributed by atoms with Crippen molar-refractivity contribution in [2.24, 2.45) is 5.92 Å². The average molecular weight is 177 g/mol. The summed E-state index contributed by atoms with van der Waals surface area (Å²) in [4.78, 5) is 0. The second-order valence-electron chi connectivity index (χ2n) is 2.65. The molecule has 56 valence electrons. The zero-order chi connectivity index (χ0) is 7.72. The van der Waals surface area contributed by atoms with Gasteiger partial charge in [0.25, 0.3) is 0 Å².